The first-order valence-electron chi connectivity index (χ1n) is 13.7. The lowest BCUT2D eigenvalue weighted by Gasteiger charge is -2.36. The summed E-state index contributed by atoms with van der Waals surface area (Å²) in [5.74, 6) is 1.20. The van der Waals surface area contributed by atoms with Gasteiger partial charge in [0.05, 0.1) is 64.6 Å². The van der Waals surface area contributed by atoms with Crippen molar-refractivity contribution in [3.63, 3.8) is 0 Å². The first kappa shape index (κ1) is 23.0. The number of hydrogen-bond donors (Lipinski definition) is 2. The Morgan fingerprint density at radius 3 is 1.30 bits per heavy atom. The van der Waals surface area contributed by atoms with Crippen LogP contribution in [-0.2, 0) is 0 Å². The van der Waals surface area contributed by atoms with E-state index in [1.807, 2.05) is 0 Å². The molecule has 4 aliphatic rings. The molecule has 4 aliphatic heterocycles. The van der Waals surface area contributed by atoms with Crippen LogP contribution in [0.2, 0.25) is 0 Å². The predicted molar refractivity (Wildman–Crippen MR) is 123 cm³/mol. The first-order valence-corrected chi connectivity index (χ1v) is 13.7. The Kier molecular flexibility index (Phi) is 8.16. The Labute approximate surface area is 185 Å². The van der Waals surface area contributed by atoms with E-state index in [1.165, 1.54) is 138 Å². The van der Waals surface area contributed by atoms with Crippen LogP contribution >= 0.6 is 0 Å². The molecule has 0 amide bonds. The molecule has 0 aromatic rings. The lowest BCUT2D eigenvalue weighted by Crippen LogP contribution is -2.49. The number of rotatable bonds is 13. The van der Waals surface area contributed by atoms with E-state index in [9.17, 15) is 10.2 Å². The van der Waals surface area contributed by atoms with Gasteiger partial charge in [-0.25, -0.2) is 0 Å². The van der Waals surface area contributed by atoms with Gasteiger partial charge in [0, 0.05) is 50.4 Å². The van der Waals surface area contributed by atoms with Gasteiger partial charge in [-0.05, 0) is 25.7 Å². The second-order valence-electron chi connectivity index (χ2n) is 11.5. The zero-order valence-electron chi connectivity index (χ0n) is 19.7. The maximum absolute atomic E-state index is 9.67. The molecule has 4 fully saturated rings. The van der Waals surface area contributed by atoms with Gasteiger partial charge in [0.2, 0.25) is 0 Å². The summed E-state index contributed by atoms with van der Waals surface area (Å²) in [6.07, 6.45) is 19.4. The summed E-state index contributed by atoms with van der Waals surface area (Å²) in [6.45, 7) is 9.09. The molecule has 0 saturated carbocycles. The monoisotopic (exact) mass is 422 g/mol. The van der Waals surface area contributed by atoms with E-state index >= 15 is 0 Å². The van der Waals surface area contributed by atoms with E-state index < -0.39 is 0 Å². The Balaban J connectivity index is 1.02. The third-order valence-corrected chi connectivity index (χ3v) is 10.0. The number of quaternary nitrogens is 2. The highest BCUT2D eigenvalue weighted by molar-refractivity contribution is 4.83. The minimum atomic E-state index is 0.424. The Morgan fingerprint density at radius 1 is 0.500 bits per heavy atom. The molecule has 0 radical (unpaired) electrons. The molecule has 0 aromatic heterocycles. The summed E-state index contributed by atoms with van der Waals surface area (Å²) in [5.41, 5.74) is 0. The van der Waals surface area contributed by atoms with E-state index in [0.717, 1.165) is 12.1 Å². The highest BCUT2D eigenvalue weighted by atomic mass is 16.3. The molecule has 4 rings (SSSR count). The molecule has 6 atom stereocenters. The van der Waals surface area contributed by atoms with Gasteiger partial charge in [-0.1, -0.05) is 25.7 Å². The molecule has 174 valence electrons. The summed E-state index contributed by atoms with van der Waals surface area (Å²) in [4.78, 5) is 0. The summed E-state index contributed by atoms with van der Waals surface area (Å²) >= 11 is 0. The van der Waals surface area contributed by atoms with Gasteiger partial charge in [-0.15, -0.1) is 0 Å². The smallest absolute Gasteiger partial charge is 0.0945 e. The van der Waals surface area contributed by atoms with Crippen LogP contribution in [0.5, 0.6) is 0 Å². The topological polar surface area (TPSA) is 40.5 Å². The molecule has 0 bridgehead atoms. The number of hydrogen-bond acceptors (Lipinski definition) is 2. The van der Waals surface area contributed by atoms with Crippen LogP contribution in [0.1, 0.15) is 89.9 Å². The van der Waals surface area contributed by atoms with E-state index in [0.29, 0.717) is 25.0 Å². The molecular formula is C26H50N2O2+2. The van der Waals surface area contributed by atoms with E-state index in [2.05, 4.69) is 0 Å². The van der Waals surface area contributed by atoms with E-state index in [1.54, 1.807) is 0 Å². The standard InChI is InChI=1S/C26H50N2O2/c29-21-23-13-19-27(17-9-11-25(23)27)15-7-5-3-1-2-4-6-8-16-28-18-10-12-26(28)24(22-30)14-20-28/h23-26,29-30H,1-22H2/q+2/t23-,24-,25-,26-,27?,28?/m0/s1. The van der Waals surface area contributed by atoms with Crippen LogP contribution < -0.4 is 0 Å². The van der Waals surface area contributed by atoms with Gasteiger partial charge < -0.3 is 19.2 Å². The number of fused-ring (bicyclic) bond motifs is 2. The molecule has 4 nitrogen and oxygen atoms in total. The van der Waals surface area contributed by atoms with Crippen LogP contribution in [0.4, 0.5) is 0 Å². The fourth-order valence-corrected chi connectivity index (χ4v) is 8.38. The summed E-state index contributed by atoms with van der Waals surface area (Å²) in [5, 5.41) is 19.3. The largest absolute Gasteiger partial charge is 0.396 e. The summed E-state index contributed by atoms with van der Waals surface area (Å²) < 4.78 is 2.73. The number of unbranched alkanes of at least 4 members (excludes halogenated alkanes) is 7. The second-order valence-corrected chi connectivity index (χ2v) is 11.5. The van der Waals surface area contributed by atoms with Crippen molar-refractivity contribution in [1.29, 1.82) is 0 Å². The lowest BCUT2D eigenvalue weighted by atomic mass is 9.99. The minimum absolute atomic E-state index is 0.424. The molecule has 2 N–H and O–H groups in total. The molecule has 30 heavy (non-hydrogen) atoms. The second kappa shape index (κ2) is 10.6. The maximum atomic E-state index is 9.67. The van der Waals surface area contributed by atoms with Crippen LogP contribution in [0.3, 0.4) is 0 Å². The van der Waals surface area contributed by atoms with Crippen LogP contribution in [-0.4, -0.2) is 83.7 Å². The Hall–Kier alpha value is -0.160. The van der Waals surface area contributed by atoms with E-state index in [4.69, 9.17) is 0 Å². The molecular weight excluding hydrogens is 372 g/mol. The third kappa shape index (κ3) is 4.77. The van der Waals surface area contributed by atoms with E-state index in [-0.39, 0.29) is 0 Å². The van der Waals surface area contributed by atoms with Gasteiger partial charge in [-0.3, -0.25) is 0 Å². The average molecular weight is 423 g/mol. The molecule has 4 heteroatoms. The van der Waals surface area contributed by atoms with Gasteiger partial charge >= 0.3 is 0 Å². The van der Waals surface area contributed by atoms with Crippen molar-refractivity contribution < 1.29 is 19.2 Å². The number of aliphatic hydroxyl groups excluding tert-OH is 2. The fraction of sp³-hybridized carbons (Fsp3) is 1.00. The zero-order chi connectivity index (χ0) is 20.9. The van der Waals surface area contributed by atoms with Crippen molar-refractivity contribution in [2.45, 2.75) is 102 Å². The molecule has 4 saturated heterocycles. The van der Waals surface area contributed by atoms with Crippen molar-refractivity contribution >= 4 is 0 Å². The Bertz CT molecular complexity index is 483. The van der Waals surface area contributed by atoms with Crippen molar-refractivity contribution in [2.24, 2.45) is 11.8 Å². The SMILES string of the molecule is OC[C@@H]1CC[N+]2(CCCCCCCCCC[N+]34CCC[C@H]3[C@H](CO)CC4)CCC[C@@H]12. The predicted octanol–water partition coefficient (Wildman–Crippen LogP) is 4.09. The summed E-state index contributed by atoms with van der Waals surface area (Å²) in [7, 11) is 0. The minimum Gasteiger partial charge on any atom is -0.396 e. The van der Waals surface area contributed by atoms with Crippen molar-refractivity contribution in [3.05, 3.63) is 0 Å². The number of nitrogens with zero attached hydrogens (tertiary/aromatic N) is 2. The highest BCUT2D eigenvalue weighted by Crippen LogP contribution is 2.41. The quantitative estimate of drug-likeness (QED) is 0.347. The molecule has 0 aromatic carbocycles. The molecule has 0 spiro atoms. The van der Waals surface area contributed by atoms with Gasteiger partial charge in [-0.2, -0.15) is 0 Å². The van der Waals surface area contributed by atoms with Crippen LogP contribution in [0, 0.1) is 11.8 Å². The fourth-order valence-electron chi connectivity index (χ4n) is 8.38. The number of aliphatic hydroxyl groups is 2. The van der Waals surface area contributed by atoms with Gasteiger partial charge in [0.25, 0.3) is 0 Å². The lowest BCUT2D eigenvalue weighted by molar-refractivity contribution is -0.929. The average Bonchev–Trinajstić information content (AvgIpc) is 3.49. The third-order valence-electron chi connectivity index (χ3n) is 10.0. The van der Waals surface area contributed by atoms with Crippen molar-refractivity contribution in [1.82, 2.24) is 0 Å². The highest BCUT2D eigenvalue weighted by Gasteiger charge is 2.51. The first-order chi connectivity index (χ1) is 14.7. The molecule has 0 aliphatic carbocycles. The molecule has 4 heterocycles. The van der Waals surface area contributed by atoms with Crippen molar-refractivity contribution in [3.8, 4) is 0 Å². The van der Waals surface area contributed by atoms with Crippen molar-refractivity contribution in [2.75, 3.05) is 52.5 Å². The maximum Gasteiger partial charge on any atom is 0.0945 e. The summed E-state index contributed by atoms with van der Waals surface area (Å²) in [6, 6.07) is 1.58. The normalized spacial score (nSPS) is 40.2. The van der Waals surface area contributed by atoms with Gasteiger partial charge in [0.15, 0.2) is 0 Å². The van der Waals surface area contributed by atoms with Crippen LogP contribution in [0.25, 0.3) is 0 Å². The van der Waals surface area contributed by atoms with Crippen LogP contribution in [0.15, 0.2) is 0 Å². The zero-order valence-corrected chi connectivity index (χ0v) is 19.7. The molecule has 2 unspecified atom stereocenters. The Morgan fingerprint density at radius 2 is 0.900 bits per heavy atom. The van der Waals surface area contributed by atoms with Gasteiger partial charge in [0.1, 0.15) is 0 Å².